The average molecular weight is 247 g/mol. The van der Waals surface area contributed by atoms with Crippen LogP contribution in [-0.2, 0) is 6.42 Å². The number of carbonyl (C=O) groups is 1. The van der Waals surface area contributed by atoms with Crippen molar-refractivity contribution in [3.8, 4) is 0 Å². The molecule has 0 aliphatic rings. The van der Waals surface area contributed by atoms with Crippen LogP contribution in [0.3, 0.4) is 0 Å². The summed E-state index contributed by atoms with van der Waals surface area (Å²) in [5, 5.41) is 5.76. The highest BCUT2D eigenvalue weighted by atomic mass is 16.2. The quantitative estimate of drug-likeness (QED) is 0.726. The Bertz CT molecular complexity index is 365. The van der Waals surface area contributed by atoms with Crippen molar-refractivity contribution in [2.45, 2.75) is 32.2 Å². The van der Waals surface area contributed by atoms with Crippen LogP contribution in [0.15, 0.2) is 37.2 Å². The van der Waals surface area contributed by atoms with Gasteiger partial charge in [0.05, 0.1) is 0 Å². The van der Waals surface area contributed by atoms with Gasteiger partial charge in [0.15, 0.2) is 0 Å². The number of hydrogen-bond donors (Lipinski definition) is 2. The second-order valence-corrected chi connectivity index (χ2v) is 4.14. The van der Waals surface area contributed by atoms with Crippen LogP contribution in [0.5, 0.6) is 0 Å². The largest absolute Gasteiger partial charge is 0.338 e. The van der Waals surface area contributed by atoms with Gasteiger partial charge in [-0.1, -0.05) is 19.1 Å². The summed E-state index contributed by atoms with van der Waals surface area (Å²) in [7, 11) is 0. The van der Waals surface area contributed by atoms with Gasteiger partial charge in [-0.2, -0.15) is 0 Å². The van der Waals surface area contributed by atoms with Crippen molar-refractivity contribution in [3.63, 3.8) is 0 Å². The fourth-order valence-electron chi connectivity index (χ4n) is 1.63. The highest BCUT2D eigenvalue weighted by molar-refractivity contribution is 5.74. The van der Waals surface area contributed by atoms with Crippen LogP contribution in [0.2, 0.25) is 0 Å². The first-order valence-corrected chi connectivity index (χ1v) is 6.30. The first-order chi connectivity index (χ1) is 8.76. The zero-order valence-corrected chi connectivity index (χ0v) is 10.9. The maximum Gasteiger partial charge on any atom is 0.315 e. The third-order valence-corrected chi connectivity index (χ3v) is 2.70. The average Bonchev–Trinajstić information content (AvgIpc) is 2.39. The molecule has 0 unspecified atom stereocenters. The lowest BCUT2D eigenvalue weighted by Gasteiger charge is -2.15. The molecule has 2 amide bonds. The predicted octanol–water partition coefficient (Wildman–Crippen LogP) is 2.28. The van der Waals surface area contributed by atoms with Crippen molar-refractivity contribution in [1.29, 1.82) is 0 Å². The molecule has 4 nitrogen and oxygen atoms in total. The van der Waals surface area contributed by atoms with Gasteiger partial charge in [0.1, 0.15) is 0 Å². The summed E-state index contributed by atoms with van der Waals surface area (Å²) < 4.78 is 0. The molecule has 2 N–H and O–H groups in total. The minimum Gasteiger partial charge on any atom is -0.338 e. The number of nitrogens with one attached hydrogen (secondary N) is 2. The summed E-state index contributed by atoms with van der Waals surface area (Å²) in [5.74, 6) is 0. The molecule has 0 spiro atoms. The van der Waals surface area contributed by atoms with Crippen LogP contribution >= 0.6 is 0 Å². The second-order valence-electron chi connectivity index (χ2n) is 4.14. The van der Waals surface area contributed by atoms with Crippen LogP contribution in [0.1, 0.15) is 25.3 Å². The number of nitrogens with zero attached hydrogens (tertiary/aromatic N) is 1. The highest BCUT2D eigenvalue weighted by Gasteiger charge is 2.07. The first kappa shape index (κ1) is 14.2. The van der Waals surface area contributed by atoms with E-state index in [4.69, 9.17) is 0 Å². The summed E-state index contributed by atoms with van der Waals surface area (Å²) in [5.41, 5.74) is 1.12. The standard InChI is InChI=1S/C14H21N3O/c1-3-6-13(4-2)17-14(18)16-10-8-12-7-5-9-15-11-12/h3,5,7,9,11,13H,1,4,6,8,10H2,2H3,(H2,16,17,18)/t13-/m1/s1. The Kier molecular flexibility index (Phi) is 6.54. The van der Waals surface area contributed by atoms with Crippen LogP contribution in [0.4, 0.5) is 4.79 Å². The Hall–Kier alpha value is -1.84. The molecule has 0 radical (unpaired) electrons. The molecule has 0 fully saturated rings. The topological polar surface area (TPSA) is 54.0 Å². The van der Waals surface area contributed by atoms with Crippen molar-refractivity contribution >= 4 is 6.03 Å². The number of rotatable bonds is 7. The number of hydrogen-bond acceptors (Lipinski definition) is 2. The van der Waals surface area contributed by atoms with Crippen molar-refractivity contribution in [3.05, 3.63) is 42.7 Å². The lowest BCUT2D eigenvalue weighted by Crippen LogP contribution is -2.42. The Morgan fingerprint density at radius 3 is 3.06 bits per heavy atom. The van der Waals surface area contributed by atoms with Gasteiger partial charge in [0, 0.05) is 25.0 Å². The first-order valence-electron chi connectivity index (χ1n) is 6.30. The molecular weight excluding hydrogens is 226 g/mol. The number of amides is 2. The Morgan fingerprint density at radius 1 is 1.61 bits per heavy atom. The molecule has 1 aromatic heterocycles. The molecule has 1 rings (SSSR count). The van der Waals surface area contributed by atoms with Crippen molar-refractivity contribution < 1.29 is 4.79 Å². The van der Waals surface area contributed by atoms with Crippen LogP contribution in [0.25, 0.3) is 0 Å². The maximum absolute atomic E-state index is 11.6. The summed E-state index contributed by atoms with van der Waals surface area (Å²) in [6.45, 7) is 6.34. The van der Waals surface area contributed by atoms with Crippen molar-refractivity contribution in [1.82, 2.24) is 15.6 Å². The van der Waals surface area contributed by atoms with Gasteiger partial charge in [0.2, 0.25) is 0 Å². The molecule has 0 aliphatic heterocycles. The fraction of sp³-hybridized carbons (Fsp3) is 0.429. The molecular formula is C14H21N3O. The summed E-state index contributed by atoms with van der Waals surface area (Å²) in [6, 6.07) is 3.94. The molecule has 0 aromatic carbocycles. The van der Waals surface area contributed by atoms with Gasteiger partial charge < -0.3 is 10.6 Å². The van der Waals surface area contributed by atoms with Crippen LogP contribution in [0, 0.1) is 0 Å². The molecule has 4 heteroatoms. The van der Waals surface area contributed by atoms with Crippen LogP contribution in [-0.4, -0.2) is 23.6 Å². The van der Waals surface area contributed by atoms with E-state index in [0.29, 0.717) is 6.54 Å². The van der Waals surface area contributed by atoms with Gasteiger partial charge in [-0.3, -0.25) is 4.98 Å². The zero-order valence-electron chi connectivity index (χ0n) is 10.9. The number of urea groups is 1. The molecule has 1 aromatic rings. The van der Waals surface area contributed by atoms with Crippen molar-refractivity contribution in [2.75, 3.05) is 6.54 Å². The smallest absolute Gasteiger partial charge is 0.315 e. The number of carbonyl (C=O) groups excluding carboxylic acids is 1. The molecule has 0 bridgehead atoms. The lowest BCUT2D eigenvalue weighted by atomic mass is 10.1. The minimum atomic E-state index is -0.118. The SMILES string of the molecule is C=CC[C@@H](CC)NC(=O)NCCc1cccnc1. The number of aromatic nitrogens is 1. The van der Waals surface area contributed by atoms with E-state index in [1.54, 1.807) is 6.20 Å². The Balaban J connectivity index is 2.22. The summed E-state index contributed by atoms with van der Waals surface area (Å²) >= 11 is 0. The zero-order chi connectivity index (χ0) is 13.2. The monoisotopic (exact) mass is 247 g/mol. The molecule has 18 heavy (non-hydrogen) atoms. The van der Waals surface area contributed by atoms with Gasteiger partial charge in [-0.25, -0.2) is 4.79 Å². The summed E-state index contributed by atoms with van der Waals surface area (Å²) in [4.78, 5) is 15.6. The van der Waals surface area contributed by atoms with E-state index in [2.05, 4.69) is 22.2 Å². The fourth-order valence-corrected chi connectivity index (χ4v) is 1.63. The van der Waals surface area contributed by atoms with E-state index in [1.165, 1.54) is 0 Å². The Labute approximate surface area is 109 Å². The van der Waals surface area contributed by atoms with Gasteiger partial charge in [-0.15, -0.1) is 6.58 Å². The highest BCUT2D eigenvalue weighted by Crippen LogP contribution is 1.98. The Morgan fingerprint density at radius 2 is 2.44 bits per heavy atom. The van der Waals surface area contributed by atoms with Gasteiger partial charge in [0.25, 0.3) is 0 Å². The minimum absolute atomic E-state index is 0.118. The maximum atomic E-state index is 11.6. The summed E-state index contributed by atoms with van der Waals surface area (Å²) in [6.07, 6.45) is 7.87. The molecule has 0 saturated carbocycles. The van der Waals surface area contributed by atoms with E-state index < -0.39 is 0 Å². The van der Waals surface area contributed by atoms with Crippen molar-refractivity contribution in [2.24, 2.45) is 0 Å². The normalized spacial score (nSPS) is 11.6. The van der Waals surface area contributed by atoms with E-state index in [1.807, 2.05) is 31.3 Å². The van der Waals surface area contributed by atoms with Crippen LogP contribution < -0.4 is 10.6 Å². The second kappa shape index (κ2) is 8.28. The molecule has 0 saturated heterocycles. The molecule has 98 valence electrons. The van der Waals surface area contributed by atoms with E-state index in [9.17, 15) is 4.79 Å². The van der Waals surface area contributed by atoms with Gasteiger partial charge in [-0.05, 0) is 30.9 Å². The van der Waals surface area contributed by atoms with Gasteiger partial charge >= 0.3 is 6.03 Å². The van der Waals surface area contributed by atoms with E-state index in [-0.39, 0.29) is 12.1 Å². The van der Waals surface area contributed by atoms with E-state index in [0.717, 1.165) is 24.8 Å². The van der Waals surface area contributed by atoms with E-state index >= 15 is 0 Å². The lowest BCUT2D eigenvalue weighted by molar-refractivity contribution is 0.236. The third kappa shape index (κ3) is 5.48. The molecule has 0 aliphatic carbocycles. The molecule has 1 heterocycles. The molecule has 1 atom stereocenters. The number of pyridine rings is 1. The third-order valence-electron chi connectivity index (χ3n) is 2.70. The predicted molar refractivity (Wildman–Crippen MR) is 73.4 cm³/mol.